The lowest BCUT2D eigenvalue weighted by atomic mass is 10.1. The predicted molar refractivity (Wildman–Crippen MR) is 219 cm³/mol. The summed E-state index contributed by atoms with van der Waals surface area (Å²) in [6, 6.07) is 15.6. The van der Waals surface area contributed by atoms with Gasteiger partial charge in [0.15, 0.2) is 5.78 Å². The Bertz CT molecular complexity index is 1580. The fourth-order valence-electron chi connectivity index (χ4n) is 5.54. The number of ketones is 1. The number of Topliss-reactive ketones (excluding diaryl/α,β-unsaturated/α-hetero) is 1. The molecule has 1 amide bonds. The smallest absolute Gasteiger partial charge is 0.347 e. The summed E-state index contributed by atoms with van der Waals surface area (Å²) in [7, 11) is 0. The highest BCUT2D eigenvalue weighted by Crippen LogP contribution is 2.22. The van der Waals surface area contributed by atoms with Gasteiger partial charge in [-0.05, 0) is 57.4 Å². The topological polar surface area (TPSA) is 153 Å². The second kappa shape index (κ2) is 30.4. The van der Waals surface area contributed by atoms with Crippen molar-refractivity contribution in [2.45, 2.75) is 46.5 Å². The van der Waals surface area contributed by atoms with E-state index in [-0.39, 0.29) is 23.7 Å². The number of nitrogens with zero attached hydrogens (tertiary/aromatic N) is 1. The van der Waals surface area contributed by atoms with Gasteiger partial charge in [-0.1, -0.05) is 29.8 Å². The molecule has 0 aliphatic heterocycles. The van der Waals surface area contributed by atoms with Crippen molar-refractivity contribution in [2.24, 2.45) is 0 Å². The van der Waals surface area contributed by atoms with Crippen molar-refractivity contribution in [3.63, 3.8) is 0 Å². The Labute approximate surface area is 337 Å². The molecular weight excluding hydrogens is 736 g/mol. The van der Waals surface area contributed by atoms with Crippen molar-refractivity contribution in [1.29, 1.82) is 0 Å². The van der Waals surface area contributed by atoms with Crippen LogP contribution in [0.3, 0.4) is 0 Å². The van der Waals surface area contributed by atoms with Crippen molar-refractivity contribution < 1.29 is 51.9 Å². The summed E-state index contributed by atoms with van der Waals surface area (Å²) in [5, 5.41) is 3.64. The Morgan fingerprint density at radius 1 is 0.614 bits per heavy atom. The van der Waals surface area contributed by atoms with Crippen LogP contribution in [0.15, 0.2) is 57.7 Å². The molecule has 14 heteroatoms. The zero-order valence-electron chi connectivity index (χ0n) is 34.2. The highest BCUT2D eigenvalue weighted by molar-refractivity contribution is 5.98. The number of aryl methyl sites for hydroxylation is 1. The molecule has 0 saturated heterocycles. The van der Waals surface area contributed by atoms with E-state index in [1.165, 1.54) is 11.1 Å². The van der Waals surface area contributed by atoms with Crippen LogP contribution in [-0.4, -0.2) is 137 Å². The Hall–Kier alpha value is -3.73. The first-order valence-electron chi connectivity index (χ1n) is 20.2. The van der Waals surface area contributed by atoms with Gasteiger partial charge < -0.3 is 52.5 Å². The number of anilines is 1. The summed E-state index contributed by atoms with van der Waals surface area (Å²) < 4.78 is 49.5. The van der Waals surface area contributed by atoms with Gasteiger partial charge in [-0.25, -0.2) is 4.79 Å². The molecule has 57 heavy (non-hydrogen) atoms. The molecule has 0 aliphatic carbocycles. The maximum Gasteiger partial charge on any atom is 0.347 e. The molecule has 0 aliphatic rings. The molecule has 3 rings (SSSR count). The fraction of sp³-hybridized carbons (Fsp3) is 0.605. The maximum absolute atomic E-state index is 12.7. The average Bonchev–Trinajstić information content (AvgIpc) is 3.21. The van der Waals surface area contributed by atoms with Crippen LogP contribution < -0.4 is 15.8 Å². The molecule has 0 bridgehead atoms. The average molecular weight is 801 g/mol. The molecule has 0 atom stereocenters. The SMILES string of the molecule is CCN(CC)c1ccc2cc(C(=O)CCCOCCOCCOCCOCCOCCOCCOCCOCCC(=O)NCCc3ccc(C)cc3)c(=O)oc2c1. The minimum atomic E-state index is -0.613. The number of hydrogen-bond donors (Lipinski definition) is 1. The quantitative estimate of drug-likeness (QED) is 0.0493. The van der Waals surface area contributed by atoms with Gasteiger partial charge in [-0.2, -0.15) is 0 Å². The fourth-order valence-corrected chi connectivity index (χ4v) is 5.54. The van der Waals surface area contributed by atoms with E-state index in [1.807, 2.05) is 18.2 Å². The number of carbonyl (C=O) groups is 2. The number of hydrogen-bond acceptors (Lipinski definition) is 13. The van der Waals surface area contributed by atoms with Gasteiger partial charge in [0.1, 0.15) is 11.1 Å². The first-order valence-corrected chi connectivity index (χ1v) is 20.2. The van der Waals surface area contributed by atoms with E-state index < -0.39 is 5.63 Å². The van der Waals surface area contributed by atoms with Gasteiger partial charge in [-0.3, -0.25) is 9.59 Å². The number of carbonyl (C=O) groups excluding carboxylic acids is 2. The highest BCUT2D eigenvalue weighted by atomic mass is 16.6. The second-order valence-corrected chi connectivity index (χ2v) is 13.1. The van der Waals surface area contributed by atoms with Gasteiger partial charge in [0.05, 0.1) is 99.1 Å². The monoisotopic (exact) mass is 800 g/mol. The van der Waals surface area contributed by atoms with Gasteiger partial charge in [0.25, 0.3) is 0 Å². The summed E-state index contributed by atoms with van der Waals surface area (Å²) in [5.74, 6) is -0.268. The molecular formula is C43H64N2O12. The standard InChI is InChI=1S/C43H64N2O12/c1-4-45(5-2)38-13-12-37-33-39(43(48)57-41(37)34-38)40(46)7-6-17-49-19-21-51-23-25-53-27-29-55-31-32-56-30-28-54-26-24-52-22-20-50-18-15-42(47)44-16-14-36-10-8-35(3)9-11-36/h8-13,33-34H,4-7,14-32H2,1-3H3,(H,44,47). The number of nitrogens with one attached hydrogen (secondary N) is 1. The zero-order chi connectivity index (χ0) is 40.8. The van der Waals surface area contributed by atoms with Crippen LogP contribution in [0.4, 0.5) is 5.69 Å². The van der Waals surface area contributed by atoms with Crippen LogP contribution in [0, 0.1) is 6.92 Å². The van der Waals surface area contributed by atoms with E-state index in [1.54, 1.807) is 6.07 Å². The summed E-state index contributed by atoms with van der Waals surface area (Å²) in [6.45, 7) is 15.6. The third-order valence-electron chi connectivity index (χ3n) is 8.78. The third-order valence-corrected chi connectivity index (χ3v) is 8.78. The minimum absolute atomic E-state index is 0.0136. The number of amides is 1. The Kier molecular flexibility index (Phi) is 25.4. The van der Waals surface area contributed by atoms with Crippen LogP contribution in [0.2, 0.25) is 0 Å². The minimum Gasteiger partial charge on any atom is -0.422 e. The Balaban J connectivity index is 0.997. The first kappa shape index (κ1) is 47.6. The molecule has 318 valence electrons. The molecule has 0 saturated carbocycles. The molecule has 2 aromatic carbocycles. The molecule has 3 aromatic rings. The normalized spacial score (nSPS) is 11.4. The van der Waals surface area contributed by atoms with Crippen molar-refractivity contribution in [1.82, 2.24) is 5.32 Å². The Morgan fingerprint density at radius 3 is 1.61 bits per heavy atom. The summed E-state index contributed by atoms with van der Waals surface area (Å²) in [4.78, 5) is 39.3. The molecule has 14 nitrogen and oxygen atoms in total. The van der Waals surface area contributed by atoms with Crippen molar-refractivity contribution >= 4 is 28.3 Å². The largest absolute Gasteiger partial charge is 0.422 e. The molecule has 0 fully saturated rings. The first-order chi connectivity index (χ1) is 27.9. The number of benzene rings is 2. The predicted octanol–water partition coefficient (Wildman–Crippen LogP) is 4.79. The van der Waals surface area contributed by atoms with E-state index in [4.69, 9.17) is 42.3 Å². The maximum atomic E-state index is 12.7. The lowest BCUT2D eigenvalue weighted by molar-refractivity contribution is -0.122. The lowest BCUT2D eigenvalue weighted by Crippen LogP contribution is -2.26. The van der Waals surface area contributed by atoms with Gasteiger partial charge in [-0.15, -0.1) is 0 Å². The Morgan fingerprint density at radius 2 is 1.11 bits per heavy atom. The van der Waals surface area contributed by atoms with Gasteiger partial charge >= 0.3 is 5.63 Å². The van der Waals surface area contributed by atoms with Crippen molar-refractivity contribution in [2.75, 3.05) is 130 Å². The van der Waals surface area contributed by atoms with Crippen molar-refractivity contribution in [3.8, 4) is 0 Å². The van der Waals surface area contributed by atoms with Crippen LogP contribution in [-0.2, 0) is 49.1 Å². The van der Waals surface area contributed by atoms with Crippen molar-refractivity contribution in [3.05, 3.63) is 75.6 Å². The van der Waals surface area contributed by atoms with E-state index in [2.05, 4.69) is 55.3 Å². The summed E-state index contributed by atoms with van der Waals surface area (Å²) in [5.41, 5.74) is 3.34. The van der Waals surface area contributed by atoms with E-state index >= 15 is 0 Å². The molecule has 0 radical (unpaired) electrons. The van der Waals surface area contributed by atoms with E-state index in [0.717, 1.165) is 30.6 Å². The lowest BCUT2D eigenvalue weighted by Gasteiger charge is -2.20. The van der Waals surface area contributed by atoms with E-state index in [0.29, 0.717) is 131 Å². The zero-order valence-corrected chi connectivity index (χ0v) is 34.2. The van der Waals surface area contributed by atoms with Crippen LogP contribution in [0.5, 0.6) is 0 Å². The molecule has 0 spiro atoms. The third kappa shape index (κ3) is 21.0. The van der Waals surface area contributed by atoms with Gasteiger partial charge in [0, 0.05) is 56.2 Å². The van der Waals surface area contributed by atoms with Gasteiger partial charge in [0.2, 0.25) is 5.91 Å². The highest BCUT2D eigenvalue weighted by Gasteiger charge is 2.15. The van der Waals surface area contributed by atoms with E-state index in [9.17, 15) is 14.4 Å². The summed E-state index contributed by atoms with van der Waals surface area (Å²) in [6.07, 6.45) is 1.83. The molecule has 1 aromatic heterocycles. The second-order valence-electron chi connectivity index (χ2n) is 13.1. The molecule has 1 heterocycles. The van der Waals surface area contributed by atoms with Crippen LogP contribution >= 0.6 is 0 Å². The number of rotatable bonds is 35. The van der Waals surface area contributed by atoms with Crippen LogP contribution in [0.25, 0.3) is 11.0 Å². The number of ether oxygens (including phenoxy) is 8. The molecule has 1 N–H and O–H groups in total. The van der Waals surface area contributed by atoms with Crippen LogP contribution in [0.1, 0.15) is 54.6 Å². The number of fused-ring (bicyclic) bond motifs is 1. The molecule has 0 unspecified atom stereocenters. The summed E-state index contributed by atoms with van der Waals surface area (Å²) >= 11 is 0.